The van der Waals surface area contributed by atoms with Crippen molar-refractivity contribution in [1.82, 2.24) is 9.55 Å². The molecule has 0 saturated heterocycles. The summed E-state index contributed by atoms with van der Waals surface area (Å²) < 4.78 is 14.7. The lowest BCUT2D eigenvalue weighted by atomic mass is 10.3. The van der Waals surface area contributed by atoms with Gasteiger partial charge in [-0.3, -0.25) is 0 Å². The molecule has 0 saturated carbocycles. The first kappa shape index (κ1) is 14.1. The monoisotopic (exact) mass is 280 g/mol. The largest absolute Gasteiger partial charge is 0.384 e. The number of rotatable bonds is 6. The van der Waals surface area contributed by atoms with Gasteiger partial charge in [0, 0.05) is 29.6 Å². The molecule has 1 N–H and O–H groups in total. The van der Waals surface area contributed by atoms with Gasteiger partial charge >= 0.3 is 0 Å². The molecule has 0 amide bonds. The Balaban J connectivity index is 1.95. The minimum atomic E-state index is -0.614. The van der Waals surface area contributed by atoms with Gasteiger partial charge in [0.1, 0.15) is 17.7 Å². The van der Waals surface area contributed by atoms with Crippen LogP contribution in [0.15, 0.2) is 41.6 Å². The molecule has 2 aromatic rings. The van der Waals surface area contributed by atoms with Crippen molar-refractivity contribution in [3.8, 4) is 0 Å². The number of aromatic nitrogens is 2. The summed E-state index contributed by atoms with van der Waals surface area (Å²) in [7, 11) is 0. The van der Waals surface area contributed by atoms with Gasteiger partial charge in [0.2, 0.25) is 0 Å². The first-order valence-corrected chi connectivity index (χ1v) is 7.26. The molecule has 1 aromatic carbocycles. The fraction of sp³-hybridized carbons (Fsp3) is 0.357. The maximum atomic E-state index is 12.8. The van der Waals surface area contributed by atoms with E-state index >= 15 is 0 Å². The zero-order valence-corrected chi connectivity index (χ0v) is 11.6. The number of nitrogens with zero attached hydrogens (tertiary/aromatic N) is 2. The first-order chi connectivity index (χ1) is 9.20. The van der Waals surface area contributed by atoms with Crippen LogP contribution in [0.25, 0.3) is 0 Å². The molecule has 3 nitrogen and oxygen atoms in total. The first-order valence-electron chi connectivity index (χ1n) is 6.28. The van der Waals surface area contributed by atoms with Crippen LogP contribution in [-0.2, 0) is 6.54 Å². The fourth-order valence-corrected chi connectivity index (χ4v) is 2.66. The minimum absolute atomic E-state index is 0.247. The molecule has 0 aliphatic heterocycles. The van der Waals surface area contributed by atoms with E-state index in [4.69, 9.17) is 0 Å². The second-order valence-electron chi connectivity index (χ2n) is 4.26. The molecule has 2 rings (SSSR count). The van der Waals surface area contributed by atoms with Gasteiger partial charge < -0.3 is 9.67 Å². The second kappa shape index (κ2) is 6.73. The molecule has 1 heterocycles. The quantitative estimate of drug-likeness (QED) is 0.825. The number of imidazole rings is 1. The van der Waals surface area contributed by atoms with E-state index in [0.717, 1.165) is 17.9 Å². The van der Waals surface area contributed by atoms with E-state index in [1.165, 1.54) is 23.9 Å². The smallest absolute Gasteiger partial charge is 0.138 e. The number of aliphatic hydroxyl groups is 1. The van der Waals surface area contributed by atoms with Crippen molar-refractivity contribution >= 4 is 11.8 Å². The Bertz CT molecular complexity index is 512. The number of aryl methyl sites for hydroxylation is 1. The van der Waals surface area contributed by atoms with Crippen LogP contribution in [0.4, 0.5) is 4.39 Å². The number of hydrogen-bond donors (Lipinski definition) is 1. The van der Waals surface area contributed by atoms with Gasteiger partial charge in [-0.1, -0.05) is 6.92 Å². The lowest BCUT2D eigenvalue weighted by Crippen LogP contribution is -2.10. The molecule has 5 heteroatoms. The van der Waals surface area contributed by atoms with E-state index in [2.05, 4.69) is 11.9 Å². The molecular formula is C14H17FN2OS. The van der Waals surface area contributed by atoms with Gasteiger partial charge in [-0.2, -0.15) is 0 Å². The summed E-state index contributed by atoms with van der Waals surface area (Å²) in [5, 5.41) is 10.2. The lowest BCUT2D eigenvalue weighted by Gasteiger charge is -2.12. The van der Waals surface area contributed by atoms with Crippen molar-refractivity contribution in [1.29, 1.82) is 0 Å². The molecule has 0 radical (unpaired) electrons. The zero-order chi connectivity index (χ0) is 13.7. The molecule has 1 unspecified atom stereocenters. The average molecular weight is 280 g/mol. The summed E-state index contributed by atoms with van der Waals surface area (Å²) in [4.78, 5) is 5.14. The van der Waals surface area contributed by atoms with Gasteiger partial charge in [0.25, 0.3) is 0 Å². The van der Waals surface area contributed by atoms with Crippen LogP contribution in [0.2, 0.25) is 0 Å². The maximum Gasteiger partial charge on any atom is 0.138 e. The Hall–Kier alpha value is -1.33. The number of thioether (sulfide) groups is 1. The summed E-state index contributed by atoms with van der Waals surface area (Å²) in [6, 6.07) is 6.27. The molecule has 0 spiro atoms. The zero-order valence-electron chi connectivity index (χ0n) is 10.8. The van der Waals surface area contributed by atoms with E-state index < -0.39 is 6.10 Å². The van der Waals surface area contributed by atoms with Crippen molar-refractivity contribution in [3.05, 3.63) is 48.3 Å². The van der Waals surface area contributed by atoms with Crippen molar-refractivity contribution in [2.24, 2.45) is 0 Å². The number of hydrogen-bond acceptors (Lipinski definition) is 3. The molecule has 0 aliphatic carbocycles. The Morgan fingerprint density at radius 3 is 2.79 bits per heavy atom. The van der Waals surface area contributed by atoms with Gasteiger partial charge in [-0.05, 0) is 30.7 Å². The summed E-state index contributed by atoms with van der Waals surface area (Å²) in [6.45, 7) is 2.94. The van der Waals surface area contributed by atoms with Crippen LogP contribution in [0.3, 0.4) is 0 Å². The predicted molar refractivity (Wildman–Crippen MR) is 74.6 cm³/mol. The summed E-state index contributed by atoms with van der Waals surface area (Å²) >= 11 is 1.49. The molecule has 102 valence electrons. The van der Waals surface area contributed by atoms with Crippen LogP contribution < -0.4 is 0 Å². The topological polar surface area (TPSA) is 38.0 Å². The summed E-state index contributed by atoms with van der Waals surface area (Å²) in [5.74, 6) is 0.951. The Morgan fingerprint density at radius 1 is 1.37 bits per heavy atom. The number of halogens is 1. The van der Waals surface area contributed by atoms with Gasteiger partial charge in [0.15, 0.2) is 0 Å². The van der Waals surface area contributed by atoms with Crippen LogP contribution in [0.5, 0.6) is 0 Å². The highest BCUT2D eigenvalue weighted by Crippen LogP contribution is 2.24. The number of aliphatic hydroxyl groups excluding tert-OH is 1. The SMILES string of the molecule is CCCn1ccnc1C(O)CSc1ccc(F)cc1. The van der Waals surface area contributed by atoms with Crippen LogP contribution in [0.1, 0.15) is 25.3 Å². The molecule has 0 bridgehead atoms. The van der Waals surface area contributed by atoms with Gasteiger partial charge in [-0.15, -0.1) is 11.8 Å². The third kappa shape index (κ3) is 3.81. The van der Waals surface area contributed by atoms with Crippen LogP contribution >= 0.6 is 11.8 Å². The van der Waals surface area contributed by atoms with Crippen molar-refractivity contribution in [3.63, 3.8) is 0 Å². The van der Waals surface area contributed by atoms with E-state index in [-0.39, 0.29) is 5.82 Å². The van der Waals surface area contributed by atoms with E-state index in [1.54, 1.807) is 18.3 Å². The lowest BCUT2D eigenvalue weighted by molar-refractivity contribution is 0.188. The molecule has 1 atom stereocenters. The fourth-order valence-electron chi connectivity index (χ4n) is 1.83. The third-order valence-electron chi connectivity index (χ3n) is 2.73. The highest BCUT2D eigenvalue weighted by atomic mass is 32.2. The molecular weight excluding hydrogens is 263 g/mol. The standard InChI is InChI=1S/C14H17FN2OS/c1-2-8-17-9-7-16-14(17)13(18)10-19-12-5-3-11(15)4-6-12/h3-7,9,13,18H,2,8,10H2,1H3. The van der Waals surface area contributed by atoms with E-state index in [0.29, 0.717) is 11.6 Å². The maximum absolute atomic E-state index is 12.8. The molecule has 0 aliphatic rings. The predicted octanol–water partition coefficient (Wildman–Crippen LogP) is 3.26. The number of benzene rings is 1. The van der Waals surface area contributed by atoms with Crippen LogP contribution in [0, 0.1) is 5.82 Å². The Labute approximate surface area is 116 Å². The highest BCUT2D eigenvalue weighted by molar-refractivity contribution is 7.99. The summed E-state index contributed by atoms with van der Waals surface area (Å²) in [6.07, 6.45) is 3.97. The molecule has 0 fully saturated rings. The molecule has 1 aromatic heterocycles. The van der Waals surface area contributed by atoms with Gasteiger partial charge in [0.05, 0.1) is 0 Å². The second-order valence-corrected chi connectivity index (χ2v) is 5.35. The van der Waals surface area contributed by atoms with Crippen molar-refractivity contribution < 1.29 is 9.50 Å². The van der Waals surface area contributed by atoms with Gasteiger partial charge in [-0.25, -0.2) is 9.37 Å². The van der Waals surface area contributed by atoms with Crippen molar-refractivity contribution in [2.75, 3.05) is 5.75 Å². The average Bonchev–Trinajstić information content (AvgIpc) is 2.86. The van der Waals surface area contributed by atoms with E-state index in [1.807, 2.05) is 10.8 Å². The highest BCUT2D eigenvalue weighted by Gasteiger charge is 2.13. The third-order valence-corrected chi connectivity index (χ3v) is 3.82. The molecule has 19 heavy (non-hydrogen) atoms. The normalized spacial score (nSPS) is 12.6. The van der Waals surface area contributed by atoms with Crippen molar-refractivity contribution in [2.45, 2.75) is 30.9 Å². The Morgan fingerprint density at radius 2 is 2.11 bits per heavy atom. The minimum Gasteiger partial charge on any atom is -0.384 e. The van der Waals surface area contributed by atoms with E-state index in [9.17, 15) is 9.50 Å². The Kier molecular flexibility index (Phi) is 4.99. The van der Waals surface area contributed by atoms with Crippen LogP contribution in [-0.4, -0.2) is 20.4 Å². The summed E-state index contributed by atoms with van der Waals surface area (Å²) in [5.41, 5.74) is 0.